The molecule has 2 heterocycles. The monoisotopic (exact) mass is 355 g/mol. The summed E-state index contributed by atoms with van der Waals surface area (Å²) in [6.07, 6.45) is 10.1. The van der Waals surface area contributed by atoms with Crippen LogP contribution in [-0.4, -0.2) is 20.4 Å². The molecule has 0 atom stereocenters. The molecule has 0 aliphatic heterocycles. The van der Waals surface area contributed by atoms with Crippen molar-refractivity contribution in [3.05, 3.63) is 47.4 Å². The molecule has 0 radical (unpaired) electrons. The van der Waals surface area contributed by atoms with Gasteiger partial charge in [0, 0.05) is 29.4 Å². The van der Waals surface area contributed by atoms with Crippen LogP contribution in [0.5, 0.6) is 0 Å². The van der Waals surface area contributed by atoms with Crippen LogP contribution in [0.1, 0.15) is 37.8 Å². The Morgan fingerprint density at radius 3 is 2.64 bits per heavy atom. The van der Waals surface area contributed by atoms with Gasteiger partial charge in [0.25, 0.3) is 0 Å². The second-order valence-electron chi connectivity index (χ2n) is 6.61. The van der Waals surface area contributed by atoms with E-state index in [0.29, 0.717) is 12.6 Å². The van der Waals surface area contributed by atoms with E-state index < -0.39 is 0 Å². The van der Waals surface area contributed by atoms with Gasteiger partial charge in [0.1, 0.15) is 0 Å². The lowest BCUT2D eigenvalue weighted by Crippen LogP contribution is -2.23. The molecule has 0 bridgehead atoms. The van der Waals surface area contributed by atoms with Gasteiger partial charge in [-0.25, -0.2) is 9.97 Å². The Hall–Kier alpha value is -2.11. The van der Waals surface area contributed by atoms with Gasteiger partial charge in [0.15, 0.2) is 11.5 Å². The number of nitrogens with one attached hydrogen (secondary N) is 1. The highest BCUT2D eigenvalue weighted by Gasteiger charge is 2.17. The fourth-order valence-electron chi connectivity index (χ4n) is 3.48. The summed E-state index contributed by atoms with van der Waals surface area (Å²) in [6, 6.07) is 8.19. The van der Waals surface area contributed by atoms with E-state index in [1.165, 1.54) is 32.1 Å². The fraction of sp³-hybridized carbons (Fsp3) is 0.368. The largest absolute Gasteiger partial charge is 0.364 e. The first-order chi connectivity index (χ1) is 12.2. The average molecular weight is 356 g/mol. The number of anilines is 1. The summed E-state index contributed by atoms with van der Waals surface area (Å²) in [6.45, 7) is 0.420. The molecule has 0 saturated heterocycles. The molecule has 4 rings (SSSR count). The highest BCUT2D eigenvalue weighted by Crippen LogP contribution is 2.27. The third-order valence-corrected chi connectivity index (χ3v) is 5.12. The molecule has 25 heavy (non-hydrogen) atoms. The van der Waals surface area contributed by atoms with E-state index in [0.717, 1.165) is 33.4 Å². The maximum Gasteiger partial charge on any atom is 0.180 e. The zero-order valence-electron chi connectivity index (χ0n) is 14.1. The van der Waals surface area contributed by atoms with Gasteiger partial charge < -0.3 is 11.1 Å². The van der Waals surface area contributed by atoms with E-state index in [2.05, 4.69) is 10.3 Å². The first-order valence-corrected chi connectivity index (χ1v) is 9.22. The van der Waals surface area contributed by atoms with Crippen LogP contribution in [0.2, 0.25) is 5.02 Å². The van der Waals surface area contributed by atoms with Gasteiger partial charge in [0.05, 0.1) is 17.6 Å². The molecule has 0 amide bonds. The van der Waals surface area contributed by atoms with Gasteiger partial charge in [-0.05, 0) is 25.0 Å². The molecule has 5 nitrogen and oxygen atoms in total. The van der Waals surface area contributed by atoms with Gasteiger partial charge >= 0.3 is 0 Å². The van der Waals surface area contributed by atoms with Crippen molar-refractivity contribution in [1.82, 2.24) is 14.4 Å². The summed E-state index contributed by atoms with van der Waals surface area (Å²) < 4.78 is 2.04. The molecule has 0 spiro atoms. The number of rotatable bonds is 4. The molecule has 3 N–H and O–H groups in total. The van der Waals surface area contributed by atoms with Crippen molar-refractivity contribution in [2.45, 2.75) is 44.7 Å². The Labute approximate surface area is 152 Å². The first-order valence-electron chi connectivity index (χ1n) is 8.84. The summed E-state index contributed by atoms with van der Waals surface area (Å²) in [4.78, 5) is 9.42. The summed E-state index contributed by atoms with van der Waals surface area (Å²) >= 11 is 6.00. The van der Waals surface area contributed by atoms with Crippen LogP contribution in [-0.2, 0) is 6.54 Å². The van der Waals surface area contributed by atoms with Crippen molar-refractivity contribution in [2.75, 3.05) is 5.32 Å². The molecule has 130 valence electrons. The van der Waals surface area contributed by atoms with Crippen molar-refractivity contribution in [1.29, 1.82) is 0 Å². The zero-order valence-corrected chi connectivity index (χ0v) is 14.8. The lowest BCUT2D eigenvalue weighted by atomic mass is 9.95. The quantitative estimate of drug-likeness (QED) is 0.734. The SMILES string of the molecule is NCc1cnc(NC2CCCCC2)c2nc(-c3ccc(Cl)cc3)cn12. The molecule has 1 saturated carbocycles. The number of hydrogen-bond acceptors (Lipinski definition) is 4. The Morgan fingerprint density at radius 1 is 1.16 bits per heavy atom. The number of aromatic nitrogens is 3. The molecule has 1 aliphatic carbocycles. The van der Waals surface area contributed by atoms with Gasteiger partial charge in [0.2, 0.25) is 0 Å². The van der Waals surface area contributed by atoms with Gasteiger partial charge in [-0.2, -0.15) is 0 Å². The van der Waals surface area contributed by atoms with Crippen molar-refractivity contribution in [3.8, 4) is 11.3 Å². The molecule has 0 unspecified atom stereocenters. The Balaban J connectivity index is 1.74. The van der Waals surface area contributed by atoms with E-state index in [1.54, 1.807) is 0 Å². The molecular weight excluding hydrogens is 334 g/mol. The predicted octanol–water partition coefficient (Wildman–Crippen LogP) is 4.25. The minimum atomic E-state index is 0.420. The molecule has 1 fully saturated rings. The molecule has 2 aromatic heterocycles. The van der Waals surface area contributed by atoms with E-state index >= 15 is 0 Å². The average Bonchev–Trinajstić information content (AvgIpc) is 3.09. The van der Waals surface area contributed by atoms with Crippen LogP contribution < -0.4 is 11.1 Å². The zero-order chi connectivity index (χ0) is 17.2. The van der Waals surface area contributed by atoms with Crippen molar-refractivity contribution in [3.63, 3.8) is 0 Å². The van der Waals surface area contributed by atoms with E-state index in [9.17, 15) is 0 Å². The van der Waals surface area contributed by atoms with E-state index in [-0.39, 0.29) is 0 Å². The molecular formula is C19H22ClN5. The highest BCUT2D eigenvalue weighted by molar-refractivity contribution is 6.30. The Morgan fingerprint density at radius 2 is 1.92 bits per heavy atom. The maximum atomic E-state index is 6.00. The van der Waals surface area contributed by atoms with Crippen molar-refractivity contribution in [2.24, 2.45) is 5.73 Å². The number of fused-ring (bicyclic) bond motifs is 1. The predicted molar refractivity (Wildman–Crippen MR) is 102 cm³/mol. The first kappa shape index (κ1) is 16.4. The number of benzene rings is 1. The Kier molecular flexibility index (Phi) is 4.59. The smallest absolute Gasteiger partial charge is 0.180 e. The third-order valence-electron chi connectivity index (χ3n) is 4.86. The lowest BCUT2D eigenvalue weighted by Gasteiger charge is -2.23. The number of halogens is 1. The topological polar surface area (TPSA) is 68.2 Å². The van der Waals surface area contributed by atoms with Crippen LogP contribution in [0.4, 0.5) is 5.82 Å². The van der Waals surface area contributed by atoms with E-state index in [1.807, 2.05) is 41.1 Å². The van der Waals surface area contributed by atoms with Gasteiger partial charge in [-0.15, -0.1) is 0 Å². The second-order valence-corrected chi connectivity index (χ2v) is 7.04. The number of imidazole rings is 1. The molecule has 1 aliphatic rings. The fourth-order valence-corrected chi connectivity index (χ4v) is 3.60. The second kappa shape index (κ2) is 7.02. The minimum Gasteiger partial charge on any atom is -0.364 e. The molecule has 1 aromatic carbocycles. The number of nitrogens with zero attached hydrogens (tertiary/aromatic N) is 3. The summed E-state index contributed by atoms with van der Waals surface area (Å²) in [7, 11) is 0. The third kappa shape index (κ3) is 3.34. The van der Waals surface area contributed by atoms with Gasteiger partial charge in [-0.3, -0.25) is 4.40 Å². The van der Waals surface area contributed by atoms with Gasteiger partial charge in [-0.1, -0.05) is 43.0 Å². The van der Waals surface area contributed by atoms with Crippen LogP contribution >= 0.6 is 11.6 Å². The lowest BCUT2D eigenvalue weighted by molar-refractivity contribution is 0.462. The number of hydrogen-bond donors (Lipinski definition) is 2. The summed E-state index contributed by atoms with van der Waals surface area (Å²) in [5.74, 6) is 0.837. The molecule has 3 aromatic rings. The van der Waals surface area contributed by atoms with Crippen LogP contribution in [0.25, 0.3) is 16.9 Å². The Bertz CT molecular complexity index is 865. The number of nitrogens with two attached hydrogens (primary N) is 1. The standard InChI is InChI=1S/C19H22ClN5/c20-14-8-6-13(7-9-14)17-12-25-16(10-21)11-22-18(19(25)24-17)23-15-4-2-1-3-5-15/h6-9,11-12,15H,1-5,10,21H2,(H,22,23). The van der Waals surface area contributed by atoms with Crippen LogP contribution in [0.15, 0.2) is 36.7 Å². The maximum absolute atomic E-state index is 6.00. The summed E-state index contributed by atoms with van der Waals surface area (Å²) in [5, 5.41) is 4.31. The van der Waals surface area contributed by atoms with Crippen LogP contribution in [0, 0.1) is 0 Å². The minimum absolute atomic E-state index is 0.420. The van der Waals surface area contributed by atoms with Crippen molar-refractivity contribution < 1.29 is 0 Å². The van der Waals surface area contributed by atoms with E-state index in [4.69, 9.17) is 22.3 Å². The van der Waals surface area contributed by atoms with Crippen LogP contribution in [0.3, 0.4) is 0 Å². The highest BCUT2D eigenvalue weighted by atomic mass is 35.5. The molecule has 6 heteroatoms. The summed E-state index contributed by atoms with van der Waals surface area (Å²) in [5.41, 5.74) is 9.59. The van der Waals surface area contributed by atoms with Crippen molar-refractivity contribution >= 4 is 23.1 Å². The normalized spacial score (nSPS) is 15.6.